The van der Waals surface area contributed by atoms with Crippen LogP contribution < -0.4 is 11.1 Å². The molecule has 0 radical (unpaired) electrons. The molecule has 0 aliphatic heterocycles. The summed E-state index contributed by atoms with van der Waals surface area (Å²) >= 11 is 0. The van der Waals surface area contributed by atoms with Crippen molar-refractivity contribution in [2.45, 2.75) is 39.5 Å². The second kappa shape index (κ2) is 9.68. The van der Waals surface area contributed by atoms with Gasteiger partial charge in [-0.3, -0.25) is 4.79 Å². The first kappa shape index (κ1) is 17.8. The van der Waals surface area contributed by atoms with Crippen LogP contribution in [-0.2, 0) is 11.2 Å². The van der Waals surface area contributed by atoms with E-state index in [9.17, 15) is 4.79 Å². The summed E-state index contributed by atoms with van der Waals surface area (Å²) in [6, 6.07) is 7.71. The summed E-state index contributed by atoms with van der Waals surface area (Å²) in [5.41, 5.74) is 7.66. The summed E-state index contributed by atoms with van der Waals surface area (Å²) in [6.07, 6.45) is 3.45. The summed E-state index contributed by atoms with van der Waals surface area (Å²) in [4.78, 5) is 11.7. The van der Waals surface area contributed by atoms with Crippen LogP contribution in [0.4, 0.5) is 5.69 Å². The molecule has 0 heterocycles. The largest absolute Gasteiger partial charge is 0.399 e. The van der Waals surface area contributed by atoms with Gasteiger partial charge in [-0.2, -0.15) is 0 Å². The molecule has 0 unspecified atom stereocenters. The average molecular weight is 285 g/mol. The van der Waals surface area contributed by atoms with E-state index in [1.165, 1.54) is 0 Å². The summed E-state index contributed by atoms with van der Waals surface area (Å²) in [7, 11) is 0. The minimum atomic E-state index is 0. The normalized spacial score (nSPS) is 10.1. The third kappa shape index (κ3) is 6.48. The second-order valence-corrected chi connectivity index (χ2v) is 4.69. The second-order valence-electron chi connectivity index (χ2n) is 4.69. The number of halogens is 1. The maximum atomic E-state index is 11.7. The lowest BCUT2D eigenvalue weighted by atomic mass is 10.0. The molecule has 1 aromatic rings. The quantitative estimate of drug-likeness (QED) is 0.756. The fourth-order valence-corrected chi connectivity index (χ4v) is 1.93. The van der Waals surface area contributed by atoms with Gasteiger partial charge >= 0.3 is 0 Å². The van der Waals surface area contributed by atoms with Crippen molar-refractivity contribution in [1.82, 2.24) is 5.32 Å². The van der Waals surface area contributed by atoms with Crippen molar-refractivity contribution in [3.05, 3.63) is 29.8 Å². The molecule has 4 heteroatoms. The summed E-state index contributed by atoms with van der Waals surface area (Å²) in [5, 5.41) is 2.99. The fourth-order valence-electron chi connectivity index (χ4n) is 1.93. The molecule has 0 saturated heterocycles. The van der Waals surface area contributed by atoms with Crippen LogP contribution in [0.25, 0.3) is 0 Å². The van der Waals surface area contributed by atoms with Gasteiger partial charge in [0.15, 0.2) is 0 Å². The van der Waals surface area contributed by atoms with Gasteiger partial charge in [-0.05, 0) is 24.0 Å². The van der Waals surface area contributed by atoms with Crippen molar-refractivity contribution in [1.29, 1.82) is 0 Å². The van der Waals surface area contributed by atoms with Crippen molar-refractivity contribution < 1.29 is 4.79 Å². The highest BCUT2D eigenvalue weighted by atomic mass is 35.5. The van der Waals surface area contributed by atoms with Crippen LogP contribution in [0.15, 0.2) is 24.3 Å². The minimum Gasteiger partial charge on any atom is -0.399 e. The monoisotopic (exact) mass is 284 g/mol. The van der Waals surface area contributed by atoms with Gasteiger partial charge in [0.05, 0.1) is 0 Å². The first-order valence-electron chi connectivity index (χ1n) is 6.77. The Morgan fingerprint density at radius 1 is 1.26 bits per heavy atom. The molecular formula is C15H25ClN2O. The molecule has 3 N–H and O–H groups in total. The van der Waals surface area contributed by atoms with E-state index in [2.05, 4.69) is 19.2 Å². The van der Waals surface area contributed by atoms with Gasteiger partial charge in [0.25, 0.3) is 0 Å². The third-order valence-corrected chi connectivity index (χ3v) is 3.42. The number of rotatable bonds is 7. The molecule has 0 aliphatic carbocycles. The number of amides is 1. The average Bonchev–Trinajstić information content (AvgIpc) is 2.39. The zero-order valence-electron chi connectivity index (χ0n) is 11.8. The van der Waals surface area contributed by atoms with Crippen LogP contribution in [0.5, 0.6) is 0 Å². The van der Waals surface area contributed by atoms with Gasteiger partial charge in [-0.25, -0.2) is 0 Å². The lowest BCUT2D eigenvalue weighted by Crippen LogP contribution is -2.29. The molecule has 0 atom stereocenters. The van der Waals surface area contributed by atoms with Crippen LogP contribution in [-0.4, -0.2) is 12.5 Å². The van der Waals surface area contributed by atoms with Crippen molar-refractivity contribution in [2.75, 3.05) is 12.3 Å². The van der Waals surface area contributed by atoms with Gasteiger partial charge < -0.3 is 11.1 Å². The summed E-state index contributed by atoms with van der Waals surface area (Å²) in [5.74, 6) is 0.709. The molecule has 0 bridgehead atoms. The Bertz CT molecular complexity index is 378. The number of hydrogen-bond acceptors (Lipinski definition) is 2. The number of nitrogens with one attached hydrogen (secondary N) is 1. The molecule has 0 saturated carbocycles. The Morgan fingerprint density at radius 2 is 1.89 bits per heavy atom. The van der Waals surface area contributed by atoms with Gasteiger partial charge in [0.1, 0.15) is 0 Å². The maximum Gasteiger partial charge on any atom is 0.220 e. The maximum absolute atomic E-state index is 11.7. The van der Waals surface area contributed by atoms with Crippen molar-refractivity contribution in [3.8, 4) is 0 Å². The van der Waals surface area contributed by atoms with E-state index in [-0.39, 0.29) is 18.3 Å². The molecular weight excluding hydrogens is 260 g/mol. The van der Waals surface area contributed by atoms with Crippen molar-refractivity contribution in [3.63, 3.8) is 0 Å². The lowest BCUT2D eigenvalue weighted by Gasteiger charge is -2.13. The van der Waals surface area contributed by atoms with E-state index in [1.54, 1.807) is 0 Å². The number of hydrogen-bond donors (Lipinski definition) is 2. The van der Waals surface area contributed by atoms with Gasteiger partial charge in [-0.15, -0.1) is 12.4 Å². The van der Waals surface area contributed by atoms with Crippen molar-refractivity contribution in [2.24, 2.45) is 5.92 Å². The predicted molar refractivity (Wildman–Crippen MR) is 83.5 cm³/mol. The molecule has 0 spiro atoms. The Morgan fingerprint density at radius 3 is 2.47 bits per heavy atom. The van der Waals surface area contributed by atoms with Gasteiger partial charge in [0, 0.05) is 18.7 Å². The third-order valence-electron chi connectivity index (χ3n) is 3.42. The molecule has 1 rings (SSSR count). The standard InChI is InChI=1S/C15H24N2O.ClH/c1-3-12(4-2)11-17-15(18)10-9-13-7-5-6-8-14(13)16;/h5-8,12H,3-4,9-11,16H2,1-2H3,(H,17,18);1H. The SMILES string of the molecule is CCC(CC)CNC(=O)CCc1ccccc1N.Cl. The summed E-state index contributed by atoms with van der Waals surface area (Å²) < 4.78 is 0. The molecule has 19 heavy (non-hydrogen) atoms. The highest BCUT2D eigenvalue weighted by Gasteiger charge is 2.07. The van der Waals surface area contributed by atoms with Gasteiger partial charge in [-0.1, -0.05) is 44.9 Å². The van der Waals surface area contributed by atoms with E-state index < -0.39 is 0 Å². The summed E-state index contributed by atoms with van der Waals surface area (Å²) in [6.45, 7) is 5.10. The molecule has 0 fully saturated rings. The number of benzene rings is 1. The molecule has 1 amide bonds. The van der Waals surface area contributed by atoms with Crippen molar-refractivity contribution >= 4 is 24.0 Å². The van der Waals surface area contributed by atoms with Crippen LogP contribution >= 0.6 is 12.4 Å². The Balaban J connectivity index is 0.00000324. The topological polar surface area (TPSA) is 55.1 Å². The number of nitrogens with two attached hydrogens (primary N) is 1. The van der Waals surface area contributed by atoms with E-state index >= 15 is 0 Å². The van der Waals surface area contributed by atoms with E-state index in [4.69, 9.17) is 5.73 Å². The smallest absolute Gasteiger partial charge is 0.220 e. The molecule has 1 aromatic carbocycles. The Hall–Kier alpha value is -1.22. The number of nitrogen functional groups attached to an aromatic ring is 1. The molecule has 0 aliphatic rings. The van der Waals surface area contributed by atoms with E-state index in [0.717, 1.165) is 30.6 Å². The highest BCUT2D eigenvalue weighted by Crippen LogP contribution is 2.12. The van der Waals surface area contributed by atoms with E-state index in [0.29, 0.717) is 18.8 Å². The number of anilines is 1. The minimum absolute atomic E-state index is 0. The lowest BCUT2D eigenvalue weighted by molar-refractivity contribution is -0.121. The first-order valence-corrected chi connectivity index (χ1v) is 6.77. The number of carbonyl (C=O) groups is 1. The highest BCUT2D eigenvalue weighted by molar-refractivity contribution is 5.85. The Labute approximate surface area is 122 Å². The fraction of sp³-hybridized carbons (Fsp3) is 0.533. The van der Waals surface area contributed by atoms with E-state index in [1.807, 2.05) is 24.3 Å². The van der Waals surface area contributed by atoms with Crippen LogP contribution in [0.1, 0.15) is 38.7 Å². The zero-order valence-corrected chi connectivity index (χ0v) is 12.6. The molecule has 3 nitrogen and oxygen atoms in total. The van der Waals surface area contributed by atoms with Crippen LogP contribution in [0.2, 0.25) is 0 Å². The number of aryl methyl sites for hydroxylation is 1. The number of carbonyl (C=O) groups excluding carboxylic acids is 1. The zero-order chi connectivity index (χ0) is 13.4. The predicted octanol–water partition coefficient (Wildman–Crippen LogP) is 3.18. The molecule has 0 aromatic heterocycles. The van der Waals surface area contributed by atoms with Gasteiger partial charge in [0.2, 0.25) is 5.91 Å². The Kier molecular flexibility index (Phi) is 9.06. The molecule has 108 valence electrons. The van der Waals surface area contributed by atoms with Crippen LogP contribution in [0.3, 0.4) is 0 Å². The van der Waals surface area contributed by atoms with Crippen LogP contribution in [0, 0.1) is 5.92 Å². The number of para-hydroxylation sites is 1. The first-order chi connectivity index (χ1) is 8.67.